The van der Waals surface area contributed by atoms with Gasteiger partial charge in [-0.1, -0.05) is 36.4 Å². The van der Waals surface area contributed by atoms with Crippen molar-refractivity contribution in [2.45, 2.75) is 16.6 Å². The van der Waals surface area contributed by atoms with Gasteiger partial charge < -0.3 is 0 Å². The third-order valence-corrected chi connectivity index (χ3v) is 6.77. The molecular formula is C18H15N5O4S2. The molecule has 2 amide bonds. The first-order valence-electron chi connectivity index (χ1n) is 8.43. The molecular weight excluding hydrogens is 414 g/mol. The fourth-order valence-electron chi connectivity index (χ4n) is 3.22. The Kier molecular flexibility index (Phi) is 4.60. The predicted octanol–water partition coefficient (Wildman–Crippen LogP) is 2.37. The van der Waals surface area contributed by atoms with Crippen molar-refractivity contribution in [1.82, 2.24) is 5.32 Å². The number of amidine groups is 1. The second kappa shape index (κ2) is 6.87. The number of nitrogens with zero attached hydrogens (tertiary/aromatic N) is 3. The van der Waals surface area contributed by atoms with Crippen LogP contribution in [0.15, 0.2) is 62.6 Å². The van der Waals surface area contributed by atoms with Gasteiger partial charge in [-0.3, -0.25) is 14.9 Å². The number of benzene rings is 2. The number of hydrogen-bond donors (Lipinski definition) is 2. The number of primary sulfonamides is 1. The lowest BCUT2D eigenvalue weighted by Gasteiger charge is -2.19. The lowest BCUT2D eigenvalue weighted by atomic mass is 9.94. The van der Waals surface area contributed by atoms with Gasteiger partial charge in [-0.05, 0) is 41.4 Å². The topological polar surface area (TPSA) is 143 Å². The largest absolute Gasteiger partial charge is 0.287 e. The highest BCUT2D eigenvalue weighted by molar-refractivity contribution is 8.15. The third-order valence-electron chi connectivity index (χ3n) is 4.70. The van der Waals surface area contributed by atoms with Crippen molar-refractivity contribution >= 4 is 38.8 Å². The first kappa shape index (κ1) is 19.4. The van der Waals surface area contributed by atoms with Crippen LogP contribution in [0.5, 0.6) is 0 Å². The lowest BCUT2D eigenvalue weighted by Crippen LogP contribution is -2.31. The molecule has 148 valence electrons. The number of azo groups is 1. The standard InChI is InChI=1S/C18H15N5O4S2/c1-18(16(24)22-17(25)28-18)11-7-5-10(6-8-11)12-3-2-4-13(29(19,26)27)14(12)15-20-9-21-23-15/h2-8H,9H2,1H3,(H2,19,26,27)(H,22,24,25). The number of amides is 2. The van der Waals surface area contributed by atoms with E-state index < -0.39 is 20.0 Å². The Morgan fingerprint density at radius 1 is 1.14 bits per heavy atom. The number of aliphatic imine (C=N–C) groups is 1. The van der Waals surface area contributed by atoms with Crippen molar-refractivity contribution in [3.8, 4) is 11.1 Å². The summed E-state index contributed by atoms with van der Waals surface area (Å²) in [5.41, 5.74) is 2.17. The van der Waals surface area contributed by atoms with Gasteiger partial charge in [-0.15, -0.1) is 5.11 Å². The van der Waals surface area contributed by atoms with E-state index in [-0.39, 0.29) is 28.9 Å². The first-order chi connectivity index (χ1) is 13.7. The van der Waals surface area contributed by atoms with Gasteiger partial charge >= 0.3 is 0 Å². The van der Waals surface area contributed by atoms with E-state index in [2.05, 4.69) is 20.5 Å². The van der Waals surface area contributed by atoms with Crippen molar-refractivity contribution < 1.29 is 18.0 Å². The van der Waals surface area contributed by atoms with Crippen LogP contribution in [0.25, 0.3) is 11.1 Å². The van der Waals surface area contributed by atoms with Gasteiger partial charge in [-0.2, -0.15) is 5.11 Å². The molecule has 2 aromatic rings. The predicted molar refractivity (Wildman–Crippen MR) is 108 cm³/mol. The third kappa shape index (κ3) is 3.37. The number of imide groups is 1. The molecule has 2 aliphatic heterocycles. The lowest BCUT2D eigenvalue weighted by molar-refractivity contribution is -0.121. The summed E-state index contributed by atoms with van der Waals surface area (Å²) >= 11 is 0.918. The van der Waals surface area contributed by atoms with Crippen LogP contribution < -0.4 is 10.5 Å². The molecule has 0 radical (unpaired) electrons. The number of sulfonamides is 1. The molecule has 9 nitrogen and oxygen atoms in total. The Morgan fingerprint density at radius 3 is 2.41 bits per heavy atom. The minimum Gasteiger partial charge on any atom is -0.286 e. The Balaban J connectivity index is 1.83. The van der Waals surface area contributed by atoms with Crippen molar-refractivity contribution in [1.29, 1.82) is 0 Å². The monoisotopic (exact) mass is 429 g/mol. The summed E-state index contributed by atoms with van der Waals surface area (Å²) in [5.74, 6) is -0.185. The average molecular weight is 429 g/mol. The average Bonchev–Trinajstić information content (AvgIpc) is 3.29. The van der Waals surface area contributed by atoms with Gasteiger partial charge in [0.15, 0.2) is 12.5 Å². The van der Waals surface area contributed by atoms with Crippen molar-refractivity contribution in [3.63, 3.8) is 0 Å². The second-order valence-electron chi connectivity index (χ2n) is 6.54. The molecule has 1 fully saturated rings. The normalized spacial score (nSPS) is 21.4. The molecule has 0 spiro atoms. The summed E-state index contributed by atoms with van der Waals surface area (Å²) < 4.78 is 23.2. The molecule has 0 bridgehead atoms. The fraction of sp³-hybridized carbons (Fsp3) is 0.167. The van der Waals surface area contributed by atoms with Crippen LogP contribution in [-0.4, -0.2) is 32.1 Å². The van der Waals surface area contributed by atoms with E-state index in [0.717, 1.165) is 11.8 Å². The Hall–Kier alpha value is -2.89. The second-order valence-corrected chi connectivity index (χ2v) is 9.46. The maximum atomic E-state index is 12.2. The number of nitrogens with one attached hydrogen (secondary N) is 1. The van der Waals surface area contributed by atoms with E-state index in [9.17, 15) is 18.0 Å². The molecule has 11 heteroatoms. The smallest absolute Gasteiger partial charge is 0.286 e. The van der Waals surface area contributed by atoms with Gasteiger partial charge in [-0.25, -0.2) is 18.5 Å². The molecule has 0 saturated carbocycles. The molecule has 29 heavy (non-hydrogen) atoms. The van der Waals surface area contributed by atoms with Crippen LogP contribution >= 0.6 is 11.8 Å². The quantitative estimate of drug-likeness (QED) is 0.767. The first-order valence-corrected chi connectivity index (χ1v) is 10.8. The van der Waals surface area contributed by atoms with Crippen LogP contribution in [0, 0.1) is 0 Å². The van der Waals surface area contributed by atoms with Gasteiger partial charge in [0.25, 0.3) is 5.24 Å². The molecule has 1 atom stereocenters. The molecule has 4 rings (SSSR count). The minimum atomic E-state index is -4.02. The Morgan fingerprint density at radius 2 is 1.86 bits per heavy atom. The van der Waals surface area contributed by atoms with Gasteiger partial charge in [0, 0.05) is 5.56 Å². The van der Waals surface area contributed by atoms with Crippen molar-refractivity contribution in [2.24, 2.45) is 20.4 Å². The highest BCUT2D eigenvalue weighted by Gasteiger charge is 2.45. The Labute approximate surface area is 170 Å². The fourth-order valence-corrected chi connectivity index (χ4v) is 4.89. The summed E-state index contributed by atoms with van der Waals surface area (Å²) in [7, 11) is -4.02. The van der Waals surface area contributed by atoms with Crippen molar-refractivity contribution in [2.75, 3.05) is 6.67 Å². The van der Waals surface area contributed by atoms with Gasteiger partial charge in [0.1, 0.15) is 4.75 Å². The summed E-state index contributed by atoms with van der Waals surface area (Å²) in [6, 6.07) is 11.7. The summed E-state index contributed by atoms with van der Waals surface area (Å²) in [6.07, 6.45) is 0. The van der Waals surface area contributed by atoms with E-state index in [4.69, 9.17) is 5.14 Å². The van der Waals surface area contributed by atoms with Gasteiger partial charge in [0.05, 0.1) is 4.90 Å². The zero-order chi connectivity index (χ0) is 20.8. The van der Waals surface area contributed by atoms with Crippen LogP contribution in [0.1, 0.15) is 18.1 Å². The Bertz CT molecular complexity index is 1210. The molecule has 0 aliphatic carbocycles. The summed E-state index contributed by atoms with van der Waals surface area (Å²) in [4.78, 5) is 27.8. The van der Waals surface area contributed by atoms with Crippen LogP contribution in [0.3, 0.4) is 0 Å². The number of carbonyl (C=O) groups is 2. The summed E-state index contributed by atoms with van der Waals surface area (Å²) in [6.45, 7) is 1.79. The van der Waals surface area contributed by atoms with Gasteiger partial charge in [0.2, 0.25) is 15.9 Å². The molecule has 2 aromatic carbocycles. The van der Waals surface area contributed by atoms with E-state index in [1.807, 2.05) is 0 Å². The number of nitrogens with two attached hydrogens (primary N) is 1. The highest BCUT2D eigenvalue weighted by atomic mass is 32.2. The molecule has 1 unspecified atom stereocenters. The van der Waals surface area contributed by atoms with E-state index in [1.54, 1.807) is 43.3 Å². The van der Waals surface area contributed by atoms with Crippen molar-refractivity contribution in [3.05, 3.63) is 53.6 Å². The van der Waals surface area contributed by atoms with E-state index >= 15 is 0 Å². The maximum absolute atomic E-state index is 12.2. The maximum Gasteiger partial charge on any atom is 0.287 e. The number of carbonyl (C=O) groups excluding carboxylic acids is 2. The van der Waals surface area contributed by atoms with E-state index in [1.165, 1.54) is 6.07 Å². The van der Waals surface area contributed by atoms with Crippen LogP contribution in [0.2, 0.25) is 0 Å². The molecule has 0 aromatic heterocycles. The zero-order valence-electron chi connectivity index (χ0n) is 15.1. The highest BCUT2D eigenvalue weighted by Crippen LogP contribution is 2.41. The number of rotatable bonds is 4. The SMILES string of the molecule is CC1(c2ccc(-c3cccc(S(N)(=O)=O)c3C3=NCN=N3)cc2)SC(=O)NC1=O. The zero-order valence-corrected chi connectivity index (χ0v) is 16.8. The molecule has 1 saturated heterocycles. The van der Waals surface area contributed by atoms with Crippen LogP contribution in [0.4, 0.5) is 4.79 Å². The molecule has 3 N–H and O–H groups in total. The van der Waals surface area contributed by atoms with Crippen LogP contribution in [-0.2, 0) is 19.6 Å². The van der Waals surface area contributed by atoms with E-state index in [0.29, 0.717) is 16.7 Å². The number of thioether (sulfide) groups is 1. The summed E-state index contributed by atoms with van der Waals surface area (Å²) in [5, 5.41) is 15.0. The molecule has 2 aliphatic rings. The number of hydrogen-bond acceptors (Lipinski definition) is 8. The minimum absolute atomic E-state index is 0.0954. The molecule has 2 heterocycles.